The van der Waals surface area contributed by atoms with E-state index in [2.05, 4.69) is 17.2 Å². The first-order valence-corrected chi connectivity index (χ1v) is 6.57. The number of hydrogen-bond donors (Lipinski definition) is 1. The van der Waals surface area contributed by atoms with E-state index in [1.807, 2.05) is 0 Å². The monoisotopic (exact) mass is 230 g/mol. The summed E-state index contributed by atoms with van der Waals surface area (Å²) in [5.41, 5.74) is 2.54. The van der Waals surface area contributed by atoms with Gasteiger partial charge in [-0.15, -0.1) is 0 Å². The van der Waals surface area contributed by atoms with Gasteiger partial charge in [0.25, 0.3) is 0 Å². The molecule has 0 bridgehead atoms. The molecule has 14 heavy (non-hydrogen) atoms. The number of alkyl halides is 1. The number of hydrogen-bond acceptors (Lipinski definition) is 3. The number of nitrogens with one attached hydrogen (secondary N) is 1. The first-order valence-electron chi connectivity index (χ1n) is 5.15. The molecule has 2 aliphatic rings. The van der Waals surface area contributed by atoms with Gasteiger partial charge in [0.15, 0.2) is 5.17 Å². The highest BCUT2D eigenvalue weighted by molar-refractivity contribution is 8.13. The molecule has 1 heterocycles. The summed E-state index contributed by atoms with van der Waals surface area (Å²) in [6, 6.07) is 0. The molecule has 0 saturated heterocycles. The van der Waals surface area contributed by atoms with Crippen molar-refractivity contribution in [2.45, 2.75) is 38.1 Å². The van der Waals surface area contributed by atoms with Gasteiger partial charge in [0, 0.05) is 5.70 Å². The lowest BCUT2D eigenvalue weighted by Crippen LogP contribution is -2.30. The third kappa shape index (κ3) is 2.09. The number of allylic oxidation sites excluding steroid dienone is 1. The Kier molecular flexibility index (Phi) is 3.39. The highest BCUT2D eigenvalue weighted by atomic mass is 35.5. The second kappa shape index (κ2) is 4.58. The quantitative estimate of drug-likeness (QED) is 0.553. The van der Waals surface area contributed by atoms with Crippen LogP contribution >= 0.6 is 23.4 Å². The molecule has 0 saturated carbocycles. The zero-order valence-electron chi connectivity index (χ0n) is 8.35. The Bertz CT molecular complexity index is 286. The van der Waals surface area contributed by atoms with Crippen molar-refractivity contribution in [1.82, 2.24) is 5.32 Å². The molecular weight excluding hydrogens is 216 g/mol. The van der Waals surface area contributed by atoms with Gasteiger partial charge >= 0.3 is 0 Å². The van der Waals surface area contributed by atoms with Crippen LogP contribution in [-0.4, -0.2) is 16.4 Å². The van der Waals surface area contributed by atoms with Crippen LogP contribution in [0.3, 0.4) is 0 Å². The van der Waals surface area contributed by atoms with Crippen molar-refractivity contribution in [3.8, 4) is 0 Å². The highest BCUT2D eigenvalue weighted by Gasteiger charge is 2.24. The SMILES string of the molecule is CCSC1=NC(Cl)C2=C(CCCC2)N1. The summed E-state index contributed by atoms with van der Waals surface area (Å²) in [5, 5.41) is 4.39. The molecule has 0 fully saturated rings. The molecular formula is C10H15ClN2S. The van der Waals surface area contributed by atoms with E-state index in [1.54, 1.807) is 11.8 Å². The van der Waals surface area contributed by atoms with Crippen molar-refractivity contribution in [1.29, 1.82) is 0 Å². The van der Waals surface area contributed by atoms with Crippen LogP contribution < -0.4 is 5.32 Å². The zero-order chi connectivity index (χ0) is 9.97. The summed E-state index contributed by atoms with van der Waals surface area (Å²) >= 11 is 7.95. The number of rotatable bonds is 1. The second-order valence-electron chi connectivity index (χ2n) is 3.54. The van der Waals surface area contributed by atoms with Crippen LogP contribution in [0.25, 0.3) is 0 Å². The first-order chi connectivity index (χ1) is 6.81. The normalized spacial score (nSPS) is 26.7. The minimum Gasteiger partial charge on any atom is -0.339 e. The van der Waals surface area contributed by atoms with Crippen LogP contribution in [0.1, 0.15) is 32.6 Å². The highest BCUT2D eigenvalue weighted by Crippen LogP contribution is 2.32. The minimum atomic E-state index is -0.111. The topological polar surface area (TPSA) is 24.4 Å². The summed E-state index contributed by atoms with van der Waals surface area (Å²) in [6.45, 7) is 2.13. The molecule has 2 rings (SSSR count). The van der Waals surface area contributed by atoms with Crippen LogP contribution in [0.4, 0.5) is 0 Å². The van der Waals surface area contributed by atoms with Gasteiger partial charge < -0.3 is 5.32 Å². The van der Waals surface area contributed by atoms with Crippen LogP contribution in [0, 0.1) is 0 Å². The van der Waals surface area contributed by atoms with Crippen LogP contribution in [0.5, 0.6) is 0 Å². The van der Waals surface area contributed by atoms with Crippen LogP contribution in [0.15, 0.2) is 16.3 Å². The Morgan fingerprint density at radius 3 is 3.07 bits per heavy atom. The molecule has 4 heteroatoms. The van der Waals surface area contributed by atoms with Gasteiger partial charge in [-0.2, -0.15) is 0 Å². The first kappa shape index (κ1) is 10.4. The van der Waals surface area contributed by atoms with E-state index in [1.165, 1.54) is 24.1 Å². The lowest BCUT2D eigenvalue weighted by molar-refractivity contribution is 0.626. The van der Waals surface area contributed by atoms with Crippen molar-refractivity contribution in [3.05, 3.63) is 11.3 Å². The van der Waals surface area contributed by atoms with E-state index in [0.717, 1.165) is 23.8 Å². The number of amidine groups is 1. The largest absolute Gasteiger partial charge is 0.339 e. The van der Waals surface area contributed by atoms with E-state index in [0.29, 0.717) is 0 Å². The number of thioether (sulfide) groups is 1. The third-order valence-corrected chi connectivity index (χ3v) is 3.70. The Hall–Kier alpha value is -0.150. The lowest BCUT2D eigenvalue weighted by atomic mass is 9.95. The van der Waals surface area contributed by atoms with Gasteiger partial charge in [-0.1, -0.05) is 30.3 Å². The van der Waals surface area contributed by atoms with Gasteiger partial charge in [0.2, 0.25) is 0 Å². The van der Waals surface area contributed by atoms with Crippen molar-refractivity contribution in [3.63, 3.8) is 0 Å². The van der Waals surface area contributed by atoms with E-state index in [-0.39, 0.29) is 5.50 Å². The maximum absolute atomic E-state index is 6.22. The molecule has 78 valence electrons. The fourth-order valence-corrected chi connectivity index (χ4v) is 2.93. The van der Waals surface area contributed by atoms with E-state index in [4.69, 9.17) is 11.6 Å². The third-order valence-electron chi connectivity index (χ3n) is 2.57. The van der Waals surface area contributed by atoms with Crippen molar-refractivity contribution >= 4 is 28.5 Å². The number of aliphatic imine (C=N–C) groups is 1. The van der Waals surface area contributed by atoms with E-state index >= 15 is 0 Å². The van der Waals surface area contributed by atoms with Gasteiger partial charge in [-0.05, 0) is 37.0 Å². The summed E-state index contributed by atoms with van der Waals surface area (Å²) in [7, 11) is 0. The predicted molar refractivity (Wildman–Crippen MR) is 63.8 cm³/mol. The minimum absolute atomic E-state index is 0.111. The van der Waals surface area contributed by atoms with Gasteiger partial charge in [-0.25, -0.2) is 4.99 Å². The molecule has 0 aromatic carbocycles. The lowest BCUT2D eigenvalue weighted by Gasteiger charge is -2.28. The standard InChI is InChI=1S/C10H15ClN2S/c1-2-14-10-12-8-6-4-3-5-7(8)9(11)13-10/h9H,2-6H2,1H3,(H,12,13). The Labute approximate surface area is 94.2 Å². The van der Waals surface area contributed by atoms with Crippen molar-refractivity contribution in [2.75, 3.05) is 5.75 Å². The maximum Gasteiger partial charge on any atom is 0.162 e. The van der Waals surface area contributed by atoms with Crippen molar-refractivity contribution in [2.24, 2.45) is 4.99 Å². The average molecular weight is 231 g/mol. The molecule has 1 aliphatic carbocycles. The van der Waals surface area contributed by atoms with Gasteiger partial charge in [-0.3, -0.25) is 0 Å². The van der Waals surface area contributed by atoms with Gasteiger partial charge in [0.05, 0.1) is 0 Å². The Morgan fingerprint density at radius 2 is 2.29 bits per heavy atom. The molecule has 1 atom stereocenters. The molecule has 0 radical (unpaired) electrons. The summed E-state index contributed by atoms with van der Waals surface area (Å²) in [4.78, 5) is 4.43. The molecule has 0 amide bonds. The zero-order valence-corrected chi connectivity index (χ0v) is 9.92. The second-order valence-corrected chi connectivity index (χ2v) is 5.21. The number of nitrogens with zero attached hydrogens (tertiary/aromatic N) is 1. The summed E-state index contributed by atoms with van der Waals surface area (Å²) < 4.78 is 0. The van der Waals surface area contributed by atoms with Gasteiger partial charge in [0.1, 0.15) is 5.50 Å². The molecule has 1 unspecified atom stereocenters. The van der Waals surface area contributed by atoms with E-state index in [9.17, 15) is 0 Å². The Balaban J connectivity index is 2.12. The molecule has 1 N–H and O–H groups in total. The molecule has 0 spiro atoms. The predicted octanol–water partition coefficient (Wildman–Crippen LogP) is 3.09. The number of halogens is 1. The van der Waals surface area contributed by atoms with E-state index < -0.39 is 0 Å². The molecule has 0 aromatic rings. The molecule has 0 aromatic heterocycles. The van der Waals surface area contributed by atoms with Crippen LogP contribution in [-0.2, 0) is 0 Å². The average Bonchev–Trinajstić information content (AvgIpc) is 2.18. The fraction of sp³-hybridized carbons (Fsp3) is 0.700. The smallest absolute Gasteiger partial charge is 0.162 e. The van der Waals surface area contributed by atoms with Crippen molar-refractivity contribution < 1.29 is 0 Å². The molecule has 1 aliphatic heterocycles. The fourth-order valence-electron chi connectivity index (χ4n) is 1.89. The Morgan fingerprint density at radius 1 is 1.50 bits per heavy atom. The maximum atomic E-state index is 6.22. The van der Waals surface area contributed by atoms with Crippen LogP contribution in [0.2, 0.25) is 0 Å². The summed E-state index contributed by atoms with van der Waals surface area (Å²) in [6.07, 6.45) is 4.79. The summed E-state index contributed by atoms with van der Waals surface area (Å²) in [5.74, 6) is 1.04. The molecule has 2 nitrogen and oxygen atoms in total.